The minimum Gasteiger partial charge on any atom is -0.418 e. The molecule has 0 aromatic rings. The number of hydrogen-bond donors (Lipinski definition) is 0. The van der Waals surface area contributed by atoms with E-state index in [1.165, 1.54) is 24.1 Å². The summed E-state index contributed by atoms with van der Waals surface area (Å²) in [5.41, 5.74) is 0. The molecule has 0 aromatic carbocycles. The Morgan fingerprint density at radius 3 is 1.68 bits per heavy atom. The lowest BCUT2D eigenvalue weighted by Gasteiger charge is -2.37. The molecule has 8 heteroatoms. The Morgan fingerprint density at radius 1 is 1.00 bits per heavy atom. The molecular formula is C11H27BF4N2O. The molecule has 0 aliphatic rings. The van der Waals surface area contributed by atoms with Crippen LogP contribution in [0.15, 0.2) is 0 Å². The number of halogens is 4. The van der Waals surface area contributed by atoms with Gasteiger partial charge < -0.3 is 31.4 Å². The Bertz CT molecular complexity index is 205. The van der Waals surface area contributed by atoms with Gasteiger partial charge in [0, 0.05) is 13.7 Å². The normalized spacial score (nSPS) is 12.3. The number of likely N-dealkylation sites (N-methyl/N-ethyl adjacent to an activating group) is 2. The van der Waals surface area contributed by atoms with E-state index in [0.29, 0.717) is 0 Å². The third-order valence-corrected chi connectivity index (χ3v) is 3.13. The summed E-state index contributed by atoms with van der Waals surface area (Å²) in [6, 6.07) is 0. The summed E-state index contributed by atoms with van der Waals surface area (Å²) < 4.78 is 45.4. The highest BCUT2D eigenvalue weighted by Gasteiger charge is 2.22. The molecule has 118 valence electrons. The van der Waals surface area contributed by atoms with Crippen LogP contribution in [0.4, 0.5) is 17.3 Å². The predicted molar refractivity (Wildman–Crippen MR) is 71.7 cm³/mol. The second-order valence-electron chi connectivity index (χ2n) is 4.71. The number of rotatable bonds is 8. The molecular weight excluding hydrogens is 263 g/mol. The van der Waals surface area contributed by atoms with Gasteiger partial charge in [0.15, 0.2) is 0 Å². The fourth-order valence-electron chi connectivity index (χ4n) is 1.66. The number of hydrogen-bond acceptors (Lipinski definition) is 2. The predicted octanol–water partition coefficient (Wildman–Crippen LogP) is 2.35. The summed E-state index contributed by atoms with van der Waals surface area (Å²) in [7, 11) is 0.0542. The van der Waals surface area contributed by atoms with Crippen LogP contribution in [0.2, 0.25) is 0 Å². The van der Waals surface area contributed by atoms with Crippen molar-refractivity contribution >= 4 is 7.25 Å². The van der Waals surface area contributed by atoms with Gasteiger partial charge in [0.05, 0.1) is 26.2 Å². The van der Waals surface area contributed by atoms with Gasteiger partial charge >= 0.3 is 7.25 Å². The van der Waals surface area contributed by atoms with Gasteiger partial charge in [0.25, 0.3) is 0 Å². The Kier molecular flexibility index (Phi) is 11.5. The highest BCUT2D eigenvalue weighted by Crippen LogP contribution is 2.07. The van der Waals surface area contributed by atoms with Crippen molar-refractivity contribution in [2.45, 2.75) is 13.8 Å². The van der Waals surface area contributed by atoms with Crippen molar-refractivity contribution in [1.29, 1.82) is 0 Å². The summed E-state index contributed by atoms with van der Waals surface area (Å²) in [5, 5.41) is 0. The zero-order chi connectivity index (χ0) is 15.5. The highest BCUT2D eigenvalue weighted by atomic mass is 19.5. The Hall–Kier alpha value is -0.335. The van der Waals surface area contributed by atoms with E-state index in [9.17, 15) is 17.3 Å². The van der Waals surface area contributed by atoms with Crippen LogP contribution in [0, 0.1) is 0 Å². The van der Waals surface area contributed by atoms with Crippen LogP contribution in [0.5, 0.6) is 0 Å². The molecule has 0 aliphatic heterocycles. The van der Waals surface area contributed by atoms with E-state index < -0.39 is 7.25 Å². The first-order chi connectivity index (χ1) is 8.60. The maximum atomic E-state index is 9.75. The molecule has 0 bridgehead atoms. The van der Waals surface area contributed by atoms with Crippen molar-refractivity contribution in [3.63, 3.8) is 0 Å². The molecule has 0 saturated carbocycles. The van der Waals surface area contributed by atoms with Crippen molar-refractivity contribution in [2.24, 2.45) is 0 Å². The van der Waals surface area contributed by atoms with E-state index in [4.69, 9.17) is 4.74 Å². The first-order valence-electron chi connectivity index (χ1n) is 6.46. The van der Waals surface area contributed by atoms with E-state index in [2.05, 4.69) is 32.8 Å². The molecule has 0 amide bonds. The van der Waals surface area contributed by atoms with E-state index in [0.717, 1.165) is 19.7 Å². The van der Waals surface area contributed by atoms with Gasteiger partial charge in [-0.15, -0.1) is 0 Å². The fourth-order valence-corrected chi connectivity index (χ4v) is 1.66. The van der Waals surface area contributed by atoms with E-state index in [-0.39, 0.29) is 0 Å². The highest BCUT2D eigenvalue weighted by molar-refractivity contribution is 6.50. The first kappa shape index (κ1) is 21.0. The fraction of sp³-hybridized carbons (Fsp3) is 1.00. The molecule has 0 saturated heterocycles. The van der Waals surface area contributed by atoms with Gasteiger partial charge in [-0.2, -0.15) is 0 Å². The van der Waals surface area contributed by atoms with Crippen LogP contribution in [0.3, 0.4) is 0 Å². The summed E-state index contributed by atoms with van der Waals surface area (Å²) in [5.74, 6) is 0. The van der Waals surface area contributed by atoms with Gasteiger partial charge in [0.2, 0.25) is 0 Å². The summed E-state index contributed by atoms with van der Waals surface area (Å²) in [4.78, 5) is 2.26. The minimum absolute atomic E-state index is 0.870. The van der Waals surface area contributed by atoms with Crippen molar-refractivity contribution in [3.8, 4) is 0 Å². The molecule has 0 radical (unpaired) electrons. The number of ether oxygens (including phenoxy) is 1. The van der Waals surface area contributed by atoms with Crippen molar-refractivity contribution < 1.29 is 26.5 Å². The van der Waals surface area contributed by atoms with E-state index in [1.54, 1.807) is 7.11 Å². The van der Waals surface area contributed by atoms with Crippen LogP contribution in [0.25, 0.3) is 0 Å². The second kappa shape index (κ2) is 10.5. The molecule has 0 rings (SSSR count). The molecule has 0 atom stereocenters. The maximum absolute atomic E-state index is 9.75. The third kappa shape index (κ3) is 15.6. The molecule has 0 aliphatic carbocycles. The zero-order valence-corrected chi connectivity index (χ0v) is 12.6. The standard InChI is InChI=1S/C11H27N2O.BF4/c1-6-13(7-2,10-11-14-5)9-8-12(3)4;2-1(3,4)5/h6-11H2,1-5H3;/q+1;-1. The molecule has 3 nitrogen and oxygen atoms in total. The quantitative estimate of drug-likeness (QED) is 0.386. The van der Waals surface area contributed by atoms with E-state index >= 15 is 0 Å². The minimum atomic E-state index is -6.00. The topological polar surface area (TPSA) is 12.5 Å². The lowest BCUT2D eigenvalue weighted by Crippen LogP contribution is -2.52. The summed E-state index contributed by atoms with van der Waals surface area (Å²) in [6.07, 6.45) is 0. The zero-order valence-electron chi connectivity index (χ0n) is 12.6. The van der Waals surface area contributed by atoms with Gasteiger partial charge in [-0.05, 0) is 27.9 Å². The van der Waals surface area contributed by atoms with Crippen LogP contribution >= 0.6 is 0 Å². The Labute approximate surface area is 114 Å². The van der Waals surface area contributed by atoms with Crippen LogP contribution < -0.4 is 0 Å². The SMILES string of the molecule is CC[N+](CC)(CCOC)CCN(C)C.F[B-](F)(F)F. The average Bonchev–Trinajstić information content (AvgIpc) is 2.28. The smallest absolute Gasteiger partial charge is 0.418 e. The molecule has 19 heavy (non-hydrogen) atoms. The van der Waals surface area contributed by atoms with Crippen molar-refractivity contribution in [2.75, 3.05) is 60.5 Å². The number of quaternary nitrogens is 1. The Morgan fingerprint density at radius 2 is 1.42 bits per heavy atom. The molecule has 0 unspecified atom stereocenters. The lowest BCUT2D eigenvalue weighted by molar-refractivity contribution is -0.924. The van der Waals surface area contributed by atoms with Gasteiger partial charge in [-0.1, -0.05) is 0 Å². The Balaban J connectivity index is 0. The van der Waals surface area contributed by atoms with E-state index in [1.807, 2.05) is 0 Å². The molecule has 0 heterocycles. The van der Waals surface area contributed by atoms with Gasteiger partial charge in [-0.25, -0.2) is 0 Å². The third-order valence-electron chi connectivity index (χ3n) is 3.13. The van der Waals surface area contributed by atoms with Crippen LogP contribution in [0.1, 0.15) is 13.8 Å². The second-order valence-corrected chi connectivity index (χ2v) is 4.71. The average molecular weight is 290 g/mol. The van der Waals surface area contributed by atoms with Gasteiger partial charge in [0.1, 0.15) is 6.54 Å². The van der Waals surface area contributed by atoms with Crippen molar-refractivity contribution in [3.05, 3.63) is 0 Å². The summed E-state index contributed by atoms with van der Waals surface area (Å²) >= 11 is 0. The number of methoxy groups -OCH3 is 1. The maximum Gasteiger partial charge on any atom is 0.673 e. The molecule has 0 spiro atoms. The van der Waals surface area contributed by atoms with Crippen molar-refractivity contribution in [1.82, 2.24) is 4.90 Å². The number of nitrogens with zero attached hydrogens (tertiary/aromatic N) is 2. The monoisotopic (exact) mass is 290 g/mol. The lowest BCUT2D eigenvalue weighted by atomic mass is 10.3. The van der Waals surface area contributed by atoms with Crippen LogP contribution in [-0.2, 0) is 4.74 Å². The summed E-state index contributed by atoms with van der Waals surface area (Å²) in [6.45, 7) is 11.3. The van der Waals surface area contributed by atoms with Gasteiger partial charge in [-0.3, -0.25) is 0 Å². The largest absolute Gasteiger partial charge is 0.673 e. The van der Waals surface area contributed by atoms with Crippen LogP contribution in [-0.4, -0.2) is 77.2 Å². The first-order valence-corrected chi connectivity index (χ1v) is 6.46. The molecule has 0 aromatic heterocycles. The molecule has 0 N–H and O–H groups in total. The molecule has 0 fully saturated rings.